The first kappa shape index (κ1) is 18.8. The average Bonchev–Trinajstić information content (AvgIpc) is 3.04. The van der Waals surface area contributed by atoms with E-state index in [4.69, 9.17) is 11.6 Å². The predicted octanol–water partition coefficient (Wildman–Crippen LogP) is 5.00. The Morgan fingerprint density at radius 1 is 1.07 bits per heavy atom. The summed E-state index contributed by atoms with van der Waals surface area (Å²) in [6.07, 6.45) is 0. The molecule has 5 nitrogen and oxygen atoms in total. The van der Waals surface area contributed by atoms with Crippen molar-refractivity contribution in [3.05, 3.63) is 69.6 Å². The lowest BCUT2D eigenvalue weighted by Gasteiger charge is -2.08. The van der Waals surface area contributed by atoms with Crippen LogP contribution in [-0.2, 0) is 0 Å². The summed E-state index contributed by atoms with van der Waals surface area (Å²) in [4.78, 5) is 24.0. The van der Waals surface area contributed by atoms with Gasteiger partial charge in [-0.3, -0.25) is 4.79 Å². The first-order chi connectivity index (χ1) is 12.8. The van der Waals surface area contributed by atoms with Crippen LogP contribution in [0, 0.1) is 11.6 Å². The van der Waals surface area contributed by atoms with E-state index in [2.05, 4.69) is 5.32 Å². The zero-order valence-electron chi connectivity index (χ0n) is 13.3. The van der Waals surface area contributed by atoms with Crippen LogP contribution in [0.25, 0.3) is 11.1 Å². The smallest absolute Gasteiger partial charge is 0.339 e. The fraction of sp³-hybridized carbons (Fsp3) is 0. The molecular formula is C18H10ClF2NO4S. The Morgan fingerprint density at radius 3 is 2.37 bits per heavy atom. The number of carboxylic acids is 1. The SMILES string of the molecule is O=C(Nc1scc(-c2ccc(Cl)cc2)c1C(=O)O)c1ccc(F)c(F)c1O. The van der Waals surface area contributed by atoms with E-state index >= 15 is 0 Å². The number of benzene rings is 2. The summed E-state index contributed by atoms with van der Waals surface area (Å²) in [7, 11) is 0. The van der Waals surface area contributed by atoms with Crippen LogP contribution in [0.5, 0.6) is 5.75 Å². The van der Waals surface area contributed by atoms with E-state index in [1.165, 1.54) is 5.38 Å². The predicted molar refractivity (Wildman–Crippen MR) is 97.7 cm³/mol. The number of anilines is 1. The van der Waals surface area contributed by atoms with Crippen LogP contribution < -0.4 is 5.32 Å². The zero-order chi connectivity index (χ0) is 19.7. The second kappa shape index (κ2) is 7.34. The van der Waals surface area contributed by atoms with Gasteiger partial charge in [-0.05, 0) is 29.8 Å². The number of nitrogens with one attached hydrogen (secondary N) is 1. The highest BCUT2D eigenvalue weighted by atomic mass is 35.5. The van der Waals surface area contributed by atoms with Gasteiger partial charge in [0.1, 0.15) is 10.6 Å². The van der Waals surface area contributed by atoms with Gasteiger partial charge in [0.25, 0.3) is 5.91 Å². The van der Waals surface area contributed by atoms with Crippen LogP contribution in [0.3, 0.4) is 0 Å². The lowest BCUT2D eigenvalue weighted by atomic mass is 10.0. The molecular weight excluding hydrogens is 400 g/mol. The summed E-state index contributed by atoms with van der Waals surface area (Å²) in [6, 6.07) is 8.04. The Labute approximate surface area is 160 Å². The number of aromatic carboxylic acids is 1. The number of carbonyl (C=O) groups excluding carboxylic acids is 1. The Balaban J connectivity index is 1.98. The number of hydrogen-bond acceptors (Lipinski definition) is 4. The molecule has 0 unspecified atom stereocenters. The lowest BCUT2D eigenvalue weighted by molar-refractivity contribution is 0.0699. The van der Waals surface area contributed by atoms with Gasteiger partial charge in [0.2, 0.25) is 5.82 Å². The number of thiophene rings is 1. The molecule has 1 amide bonds. The number of hydrogen-bond donors (Lipinski definition) is 3. The van der Waals surface area contributed by atoms with Gasteiger partial charge in [-0.2, -0.15) is 4.39 Å². The minimum atomic E-state index is -1.56. The first-order valence-electron chi connectivity index (χ1n) is 7.38. The molecule has 0 saturated heterocycles. The molecule has 0 fully saturated rings. The van der Waals surface area contributed by atoms with Crippen LogP contribution in [0.4, 0.5) is 13.8 Å². The van der Waals surface area contributed by atoms with E-state index in [-0.39, 0.29) is 10.6 Å². The summed E-state index contributed by atoms with van der Waals surface area (Å²) in [5.41, 5.74) is 0.239. The van der Waals surface area contributed by atoms with Crippen molar-refractivity contribution < 1.29 is 28.6 Å². The standard InChI is InChI=1S/C18H10ClF2NO4S/c19-9-3-1-8(2-4-9)11-7-27-17(13(11)18(25)26)22-16(24)10-5-6-12(20)14(21)15(10)23/h1-7,23H,(H,22,24)(H,25,26). The molecule has 27 heavy (non-hydrogen) atoms. The second-order valence-corrected chi connectivity index (χ2v) is 6.69. The van der Waals surface area contributed by atoms with E-state index in [0.29, 0.717) is 22.2 Å². The van der Waals surface area contributed by atoms with Crippen molar-refractivity contribution >= 4 is 39.8 Å². The average molecular weight is 410 g/mol. The van der Waals surface area contributed by atoms with Gasteiger partial charge in [-0.25, -0.2) is 9.18 Å². The molecule has 3 N–H and O–H groups in total. The van der Waals surface area contributed by atoms with E-state index in [0.717, 1.165) is 17.4 Å². The van der Waals surface area contributed by atoms with Crippen molar-refractivity contribution in [2.24, 2.45) is 0 Å². The summed E-state index contributed by atoms with van der Waals surface area (Å²) < 4.78 is 26.5. The van der Waals surface area contributed by atoms with Crippen LogP contribution in [0.15, 0.2) is 41.8 Å². The Kier molecular flexibility index (Phi) is 5.11. The molecule has 0 atom stereocenters. The largest absolute Gasteiger partial charge is 0.504 e. The maximum absolute atomic E-state index is 13.4. The molecule has 0 saturated carbocycles. The lowest BCUT2D eigenvalue weighted by Crippen LogP contribution is -2.14. The number of carboxylic acid groups (broad SMARTS) is 1. The normalized spacial score (nSPS) is 10.6. The quantitative estimate of drug-likeness (QED) is 0.565. The van der Waals surface area contributed by atoms with Gasteiger partial charge in [0, 0.05) is 16.0 Å². The minimum Gasteiger partial charge on any atom is -0.504 e. The number of amides is 1. The van der Waals surface area contributed by atoms with Gasteiger partial charge >= 0.3 is 5.97 Å². The maximum atomic E-state index is 13.4. The van der Waals surface area contributed by atoms with Crippen LogP contribution in [-0.4, -0.2) is 22.1 Å². The third kappa shape index (κ3) is 3.62. The molecule has 0 aliphatic carbocycles. The number of halogens is 3. The summed E-state index contributed by atoms with van der Waals surface area (Å²) >= 11 is 6.77. The third-order valence-corrected chi connectivity index (χ3v) is 4.85. The van der Waals surface area contributed by atoms with Gasteiger partial charge in [-0.1, -0.05) is 23.7 Å². The molecule has 0 spiro atoms. The molecule has 1 heterocycles. The number of phenolic OH excluding ortho intramolecular Hbond substituents is 1. The minimum absolute atomic E-state index is 0.0124. The fourth-order valence-corrected chi connectivity index (χ4v) is 3.48. The summed E-state index contributed by atoms with van der Waals surface area (Å²) in [5, 5.41) is 23.5. The van der Waals surface area contributed by atoms with Gasteiger partial charge < -0.3 is 15.5 Å². The molecule has 0 bridgehead atoms. The van der Waals surface area contributed by atoms with Crippen LogP contribution in [0.2, 0.25) is 5.02 Å². The van der Waals surface area contributed by atoms with Crippen LogP contribution in [0.1, 0.15) is 20.7 Å². The monoisotopic (exact) mass is 409 g/mol. The first-order valence-corrected chi connectivity index (χ1v) is 8.64. The highest BCUT2D eigenvalue weighted by Gasteiger charge is 2.24. The summed E-state index contributed by atoms with van der Waals surface area (Å²) in [6.45, 7) is 0. The number of phenols is 1. The van der Waals surface area contributed by atoms with Gasteiger partial charge in [0.05, 0.1) is 5.56 Å². The van der Waals surface area contributed by atoms with Gasteiger partial charge in [-0.15, -0.1) is 11.3 Å². The molecule has 3 rings (SSSR count). The third-order valence-electron chi connectivity index (χ3n) is 3.70. The van der Waals surface area contributed by atoms with E-state index in [1.807, 2.05) is 0 Å². The molecule has 0 radical (unpaired) electrons. The summed E-state index contributed by atoms with van der Waals surface area (Å²) in [5.74, 6) is -6.28. The van der Waals surface area contributed by atoms with Gasteiger partial charge in [0.15, 0.2) is 11.6 Å². The van der Waals surface area contributed by atoms with E-state index in [9.17, 15) is 28.6 Å². The Bertz CT molecular complexity index is 1050. The van der Waals surface area contributed by atoms with Crippen molar-refractivity contribution in [2.75, 3.05) is 5.32 Å². The Hall–Kier alpha value is -2.97. The maximum Gasteiger partial charge on any atom is 0.339 e. The molecule has 138 valence electrons. The highest BCUT2D eigenvalue weighted by molar-refractivity contribution is 7.15. The number of aromatic hydroxyl groups is 1. The molecule has 2 aromatic carbocycles. The zero-order valence-corrected chi connectivity index (χ0v) is 14.9. The van der Waals surface area contributed by atoms with Crippen molar-refractivity contribution in [1.82, 2.24) is 0 Å². The molecule has 0 aliphatic heterocycles. The number of rotatable bonds is 4. The van der Waals surface area contributed by atoms with E-state index < -0.39 is 34.8 Å². The molecule has 9 heteroatoms. The van der Waals surface area contributed by atoms with Crippen LogP contribution >= 0.6 is 22.9 Å². The van der Waals surface area contributed by atoms with E-state index in [1.54, 1.807) is 24.3 Å². The van der Waals surface area contributed by atoms with Crippen molar-refractivity contribution in [1.29, 1.82) is 0 Å². The highest BCUT2D eigenvalue weighted by Crippen LogP contribution is 2.36. The topological polar surface area (TPSA) is 86.6 Å². The fourth-order valence-electron chi connectivity index (χ4n) is 2.40. The molecule has 0 aliphatic rings. The van der Waals surface area contributed by atoms with Crippen molar-refractivity contribution in [3.63, 3.8) is 0 Å². The number of carbonyl (C=O) groups is 2. The van der Waals surface area contributed by atoms with Crippen molar-refractivity contribution in [3.8, 4) is 16.9 Å². The Morgan fingerprint density at radius 2 is 1.74 bits per heavy atom. The molecule has 3 aromatic rings. The van der Waals surface area contributed by atoms with Crippen molar-refractivity contribution in [2.45, 2.75) is 0 Å². The molecule has 1 aromatic heterocycles. The second-order valence-electron chi connectivity index (χ2n) is 5.38.